The Hall–Kier alpha value is -3.43. The van der Waals surface area contributed by atoms with E-state index in [2.05, 4.69) is 20.3 Å². The van der Waals surface area contributed by atoms with E-state index in [1.807, 2.05) is 0 Å². The number of anilines is 1. The molecule has 1 atom stereocenters. The second-order valence-electron chi connectivity index (χ2n) is 7.87. The van der Waals surface area contributed by atoms with Gasteiger partial charge >= 0.3 is 12.1 Å². The highest BCUT2D eigenvalue weighted by Gasteiger charge is 2.36. The van der Waals surface area contributed by atoms with Crippen LogP contribution in [-0.4, -0.2) is 28.0 Å². The first kappa shape index (κ1) is 21.8. The average Bonchev–Trinajstić information content (AvgIpc) is 3.57. The summed E-state index contributed by atoms with van der Waals surface area (Å²) >= 11 is 0. The Balaban J connectivity index is 1.78. The number of alkyl halides is 3. The van der Waals surface area contributed by atoms with Crippen molar-refractivity contribution in [2.45, 2.75) is 44.8 Å². The van der Waals surface area contributed by atoms with Gasteiger partial charge in [-0.15, -0.1) is 0 Å². The first-order chi connectivity index (χ1) is 15.1. The molecular formula is C22H21F3N4O3. The van der Waals surface area contributed by atoms with Gasteiger partial charge in [0.2, 0.25) is 0 Å². The van der Waals surface area contributed by atoms with E-state index >= 15 is 0 Å². The molecule has 2 N–H and O–H groups in total. The van der Waals surface area contributed by atoms with Gasteiger partial charge < -0.3 is 15.0 Å². The first-order valence-electron chi connectivity index (χ1n) is 10.1. The molecule has 4 rings (SSSR count). The third-order valence-electron chi connectivity index (χ3n) is 5.42. The van der Waals surface area contributed by atoms with E-state index in [1.165, 1.54) is 26.2 Å². The maximum Gasteiger partial charge on any atom is 0.416 e. The molecule has 32 heavy (non-hydrogen) atoms. The zero-order valence-electron chi connectivity index (χ0n) is 17.6. The van der Waals surface area contributed by atoms with Crippen LogP contribution in [0.25, 0.3) is 10.9 Å². The molecule has 0 aliphatic heterocycles. The quantitative estimate of drug-likeness (QED) is 0.561. The van der Waals surface area contributed by atoms with Crippen LogP contribution in [0.3, 0.4) is 0 Å². The van der Waals surface area contributed by atoms with Gasteiger partial charge in [-0.05, 0) is 56.5 Å². The molecule has 1 aliphatic rings. The number of pyridine rings is 1. The lowest BCUT2D eigenvalue weighted by atomic mass is 9.98. The summed E-state index contributed by atoms with van der Waals surface area (Å²) in [7, 11) is 1.26. The number of H-pyrrole nitrogens is 1. The Labute approximate surface area is 181 Å². The molecule has 0 saturated heterocycles. The van der Waals surface area contributed by atoms with Crippen LogP contribution < -0.4 is 10.9 Å². The number of benzene rings is 1. The van der Waals surface area contributed by atoms with Crippen molar-refractivity contribution in [1.82, 2.24) is 15.0 Å². The molecule has 2 heterocycles. The molecule has 1 saturated carbocycles. The third-order valence-corrected chi connectivity index (χ3v) is 5.42. The van der Waals surface area contributed by atoms with E-state index in [9.17, 15) is 22.8 Å². The Morgan fingerprint density at radius 1 is 1.25 bits per heavy atom. The Kier molecular flexibility index (Phi) is 5.39. The van der Waals surface area contributed by atoms with Gasteiger partial charge in [-0.2, -0.15) is 13.2 Å². The van der Waals surface area contributed by atoms with Gasteiger partial charge in [0.15, 0.2) is 0 Å². The minimum absolute atomic E-state index is 0.0164. The smallest absolute Gasteiger partial charge is 0.416 e. The van der Waals surface area contributed by atoms with E-state index in [1.54, 1.807) is 13.0 Å². The van der Waals surface area contributed by atoms with Gasteiger partial charge in [0.25, 0.3) is 5.56 Å². The summed E-state index contributed by atoms with van der Waals surface area (Å²) in [6.07, 6.45) is -2.88. The lowest BCUT2D eigenvalue weighted by Gasteiger charge is -2.22. The molecule has 168 valence electrons. The van der Waals surface area contributed by atoms with Crippen molar-refractivity contribution >= 4 is 22.6 Å². The van der Waals surface area contributed by atoms with Gasteiger partial charge in [-0.3, -0.25) is 4.79 Å². The summed E-state index contributed by atoms with van der Waals surface area (Å²) in [6.45, 7) is 3.09. The Morgan fingerprint density at radius 2 is 1.97 bits per heavy atom. The van der Waals surface area contributed by atoms with Crippen LogP contribution in [0.15, 0.2) is 29.1 Å². The number of aromatic nitrogens is 3. The fourth-order valence-corrected chi connectivity index (χ4v) is 3.72. The van der Waals surface area contributed by atoms with Gasteiger partial charge in [-0.1, -0.05) is 0 Å². The highest BCUT2D eigenvalue weighted by molar-refractivity contribution is 5.87. The predicted molar refractivity (Wildman–Crippen MR) is 112 cm³/mol. The van der Waals surface area contributed by atoms with Crippen LogP contribution in [0, 0.1) is 6.92 Å². The molecule has 3 aromatic rings. The minimum atomic E-state index is -4.63. The third kappa shape index (κ3) is 4.17. The SMILES string of the molecule is COC(=O)c1ccc(NC(C)c2cc3c(=O)[nH]c(C)nc3cc2C(F)(F)F)c(C2CC2)n1. The largest absolute Gasteiger partial charge is 0.464 e. The van der Waals surface area contributed by atoms with Crippen molar-refractivity contribution in [2.75, 3.05) is 12.4 Å². The van der Waals surface area contributed by atoms with Crippen LogP contribution in [0.5, 0.6) is 0 Å². The van der Waals surface area contributed by atoms with E-state index in [-0.39, 0.29) is 33.9 Å². The molecule has 0 radical (unpaired) electrons. The van der Waals surface area contributed by atoms with E-state index in [0.29, 0.717) is 11.4 Å². The molecule has 7 nitrogen and oxygen atoms in total. The monoisotopic (exact) mass is 446 g/mol. The number of halogens is 3. The fourth-order valence-electron chi connectivity index (χ4n) is 3.72. The molecular weight excluding hydrogens is 425 g/mol. The number of nitrogens with one attached hydrogen (secondary N) is 2. The first-order valence-corrected chi connectivity index (χ1v) is 10.1. The standard InChI is InChI=1S/C22H21F3N4O3/c1-10(26-16-6-7-17(21(31)32-3)29-19(16)12-4-5-12)13-8-14-18(9-15(13)22(23,24)25)27-11(2)28-20(14)30/h6-10,12,26H,4-5H2,1-3H3,(H,27,28,30). The molecule has 2 aromatic heterocycles. The second kappa shape index (κ2) is 7.92. The molecule has 1 unspecified atom stereocenters. The number of fused-ring (bicyclic) bond motifs is 1. The number of carbonyl (C=O) groups excluding carboxylic acids is 1. The summed E-state index contributed by atoms with van der Waals surface area (Å²) in [4.78, 5) is 35.1. The number of hydrogen-bond acceptors (Lipinski definition) is 6. The van der Waals surface area contributed by atoms with Crippen molar-refractivity contribution in [3.63, 3.8) is 0 Å². The summed E-state index contributed by atoms with van der Waals surface area (Å²) in [6, 6.07) is 4.42. The number of ether oxygens (including phenoxy) is 1. The van der Waals surface area contributed by atoms with Crippen molar-refractivity contribution in [3.8, 4) is 0 Å². The van der Waals surface area contributed by atoms with E-state index in [4.69, 9.17) is 4.74 Å². The average molecular weight is 446 g/mol. The van der Waals surface area contributed by atoms with Crippen LogP contribution in [0.1, 0.15) is 64.9 Å². The summed E-state index contributed by atoms with van der Waals surface area (Å²) in [5.41, 5.74) is -0.174. The number of carbonyl (C=O) groups is 1. The molecule has 0 amide bonds. The van der Waals surface area contributed by atoms with E-state index in [0.717, 1.165) is 18.9 Å². The van der Waals surface area contributed by atoms with Crippen LogP contribution in [-0.2, 0) is 10.9 Å². The predicted octanol–water partition coefficient (Wildman–Crippen LogP) is 4.48. The Bertz CT molecular complexity index is 1270. The van der Waals surface area contributed by atoms with Gasteiger partial charge in [0, 0.05) is 12.0 Å². The van der Waals surface area contributed by atoms with Crippen molar-refractivity contribution < 1.29 is 22.7 Å². The van der Waals surface area contributed by atoms with Gasteiger partial charge in [0.1, 0.15) is 11.5 Å². The normalized spacial score (nSPS) is 14.9. The van der Waals surface area contributed by atoms with Crippen molar-refractivity contribution in [3.05, 3.63) is 63.0 Å². The molecule has 1 aliphatic carbocycles. The summed E-state index contributed by atoms with van der Waals surface area (Å²) < 4.78 is 46.3. The number of methoxy groups -OCH3 is 1. The van der Waals surface area contributed by atoms with Crippen molar-refractivity contribution in [2.24, 2.45) is 0 Å². The number of rotatable bonds is 5. The second-order valence-corrected chi connectivity index (χ2v) is 7.87. The lowest BCUT2D eigenvalue weighted by Crippen LogP contribution is -2.19. The molecule has 10 heteroatoms. The molecule has 0 bridgehead atoms. The Morgan fingerprint density at radius 3 is 2.59 bits per heavy atom. The van der Waals surface area contributed by atoms with E-state index < -0.39 is 29.3 Å². The lowest BCUT2D eigenvalue weighted by molar-refractivity contribution is -0.138. The van der Waals surface area contributed by atoms with Gasteiger partial charge in [-0.25, -0.2) is 14.8 Å². The maximum absolute atomic E-state index is 13.9. The van der Waals surface area contributed by atoms with Crippen LogP contribution >= 0.6 is 0 Å². The number of aryl methyl sites for hydroxylation is 1. The number of esters is 1. The van der Waals surface area contributed by atoms with Gasteiger partial charge in [0.05, 0.1) is 35.0 Å². The van der Waals surface area contributed by atoms with Crippen LogP contribution in [0.2, 0.25) is 0 Å². The summed E-state index contributed by atoms with van der Waals surface area (Å²) in [5.74, 6) is -0.217. The molecule has 1 fully saturated rings. The minimum Gasteiger partial charge on any atom is -0.464 e. The topological polar surface area (TPSA) is 97.0 Å². The number of nitrogens with zero attached hydrogens (tertiary/aromatic N) is 2. The molecule has 1 aromatic carbocycles. The van der Waals surface area contributed by atoms with Crippen molar-refractivity contribution in [1.29, 1.82) is 0 Å². The van der Waals surface area contributed by atoms with Crippen LogP contribution in [0.4, 0.5) is 18.9 Å². The highest BCUT2D eigenvalue weighted by atomic mass is 19.4. The number of hydrogen-bond donors (Lipinski definition) is 2. The molecule has 0 spiro atoms. The highest BCUT2D eigenvalue weighted by Crippen LogP contribution is 2.44. The summed E-state index contributed by atoms with van der Waals surface area (Å²) in [5, 5.41) is 3.17. The zero-order chi connectivity index (χ0) is 23.2. The fraction of sp³-hybridized carbons (Fsp3) is 0.364. The number of aromatic amines is 1. The maximum atomic E-state index is 13.9. The zero-order valence-corrected chi connectivity index (χ0v) is 17.6.